The van der Waals surface area contributed by atoms with E-state index in [1.165, 1.54) is 18.8 Å². The summed E-state index contributed by atoms with van der Waals surface area (Å²) in [4.78, 5) is 9.70. The normalized spacial score (nSPS) is 15.3. The van der Waals surface area contributed by atoms with Crippen molar-refractivity contribution in [2.45, 2.75) is 24.2 Å². The molecule has 2 aromatic rings. The maximum Gasteiger partial charge on any atom is 0.264 e. The fraction of sp³-hybridized carbons (Fsp3) is 0.333. The van der Waals surface area contributed by atoms with E-state index in [1.807, 2.05) is 4.90 Å². The van der Waals surface area contributed by atoms with Gasteiger partial charge < -0.3 is 4.90 Å². The fourth-order valence-electron chi connectivity index (χ4n) is 2.53. The van der Waals surface area contributed by atoms with E-state index in [9.17, 15) is 17.2 Å². The van der Waals surface area contributed by atoms with E-state index in [2.05, 4.69) is 14.7 Å². The fourth-order valence-corrected chi connectivity index (χ4v) is 3.62. The predicted molar refractivity (Wildman–Crippen MR) is 85.3 cm³/mol. The molecule has 1 fully saturated rings. The molecule has 1 aliphatic heterocycles. The highest BCUT2D eigenvalue weighted by Gasteiger charge is 2.20. The second kappa shape index (κ2) is 6.68. The largest absolute Gasteiger partial charge is 0.341 e. The third-order valence-corrected chi connectivity index (χ3v) is 5.13. The number of piperidine rings is 1. The van der Waals surface area contributed by atoms with Gasteiger partial charge >= 0.3 is 0 Å². The number of hydrogen-bond donors (Lipinski definition) is 1. The van der Waals surface area contributed by atoms with Crippen LogP contribution >= 0.6 is 0 Å². The number of nitrogens with one attached hydrogen (secondary N) is 1. The third kappa shape index (κ3) is 3.61. The summed E-state index contributed by atoms with van der Waals surface area (Å²) < 4.78 is 53.1. The van der Waals surface area contributed by atoms with Gasteiger partial charge in [0.25, 0.3) is 10.0 Å². The molecular formula is C15H16F2N4O2S. The molecule has 2 heterocycles. The number of halogens is 2. The van der Waals surface area contributed by atoms with Crippen LogP contribution in [0.15, 0.2) is 35.5 Å². The van der Waals surface area contributed by atoms with Crippen LogP contribution in [0.3, 0.4) is 0 Å². The average molecular weight is 354 g/mol. The van der Waals surface area contributed by atoms with E-state index >= 15 is 0 Å². The van der Waals surface area contributed by atoms with Crippen molar-refractivity contribution >= 4 is 21.7 Å². The van der Waals surface area contributed by atoms with Gasteiger partial charge in [0, 0.05) is 19.2 Å². The SMILES string of the molecule is O=S(=O)(Nc1cnc(N2CCCCC2)nc1)c1ccc(F)cc1F. The maximum absolute atomic E-state index is 13.7. The molecule has 0 unspecified atom stereocenters. The molecule has 0 bridgehead atoms. The summed E-state index contributed by atoms with van der Waals surface area (Å²) in [5, 5.41) is 0. The van der Waals surface area contributed by atoms with Crippen molar-refractivity contribution in [1.29, 1.82) is 0 Å². The van der Waals surface area contributed by atoms with Crippen molar-refractivity contribution in [3.05, 3.63) is 42.2 Å². The molecule has 1 aromatic heterocycles. The highest BCUT2D eigenvalue weighted by Crippen LogP contribution is 2.20. The minimum atomic E-state index is -4.18. The summed E-state index contributed by atoms with van der Waals surface area (Å²) >= 11 is 0. The van der Waals surface area contributed by atoms with Crippen LogP contribution in [0.2, 0.25) is 0 Å². The van der Waals surface area contributed by atoms with E-state index in [4.69, 9.17) is 0 Å². The van der Waals surface area contributed by atoms with Crippen molar-refractivity contribution in [3.8, 4) is 0 Å². The Hall–Kier alpha value is -2.29. The topological polar surface area (TPSA) is 75.2 Å². The molecule has 1 N–H and O–H groups in total. The van der Waals surface area contributed by atoms with Gasteiger partial charge in [-0.25, -0.2) is 27.2 Å². The van der Waals surface area contributed by atoms with Crippen molar-refractivity contribution in [2.24, 2.45) is 0 Å². The van der Waals surface area contributed by atoms with Gasteiger partial charge in [-0.05, 0) is 31.4 Å². The molecular weight excluding hydrogens is 338 g/mol. The molecule has 6 nitrogen and oxygen atoms in total. The van der Waals surface area contributed by atoms with Gasteiger partial charge in [0.2, 0.25) is 5.95 Å². The van der Waals surface area contributed by atoms with Gasteiger partial charge in [-0.2, -0.15) is 0 Å². The zero-order valence-electron chi connectivity index (χ0n) is 12.7. The van der Waals surface area contributed by atoms with Crippen LogP contribution in [-0.4, -0.2) is 31.5 Å². The molecule has 128 valence electrons. The van der Waals surface area contributed by atoms with Gasteiger partial charge in [-0.3, -0.25) is 4.72 Å². The smallest absolute Gasteiger partial charge is 0.264 e. The van der Waals surface area contributed by atoms with E-state index < -0.39 is 26.6 Å². The van der Waals surface area contributed by atoms with E-state index in [0.717, 1.165) is 38.1 Å². The van der Waals surface area contributed by atoms with Crippen LogP contribution in [0, 0.1) is 11.6 Å². The summed E-state index contributed by atoms with van der Waals surface area (Å²) in [7, 11) is -4.18. The van der Waals surface area contributed by atoms with E-state index in [-0.39, 0.29) is 5.69 Å². The molecule has 24 heavy (non-hydrogen) atoms. The number of anilines is 2. The van der Waals surface area contributed by atoms with E-state index in [0.29, 0.717) is 12.0 Å². The first-order chi connectivity index (χ1) is 11.5. The Morgan fingerprint density at radius 1 is 1.04 bits per heavy atom. The predicted octanol–water partition coefficient (Wildman–Crippen LogP) is 2.55. The molecule has 0 saturated carbocycles. The molecule has 0 atom stereocenters. The Morgan fingerprint density at radius 3 is 2.33 bits per heavy atom. The zero-order chi connectivity index (χ0) is 17.2. The van der Waals surface area contributed by atoms with Crippen LogP contribution in [-0.2, 0) is 10.0 Å². The number of nitrogens with zero attached hydrogens (tertiary/aromatic N) is 3. The van der Waals surface area contributed by atoms with Gasteiger partial charge in [0.05, 0.1) is 18.1 Å². The van der Waals surface area contributed by atoms with Crippen LogP contribution in [0.4, 0.5) is 20.4 Å². The summed E-state index contributed by atoms with van der Waals surface area (Å²) in [6, 6.07) is 2.27. The van der Waals surface area contributed by atoms with Crippen molar-refractivity contribution < 1.29 is 17.2 Å². The standard InChI is InChI=1S/C15H16F2N4O2S/c16-11-4-5-14(13(17)8-11)24(22,23)20-12-9-18-15(19-10-12)21-6-2-1-3-7-21/h4-5,8-10,20H,1-3,6-7H2. The summed E-state index contributed by atoms with van der Waals surface area (Å²) in [6.07, 6.45) is 5.98. The average Bonchev–Trinajstić information content (AvgIpc) is 2.55. The summed E-state index contributed by atoms with van der Waals surface area (Å²) in [6.45, 7) is 1.73. The van der Waals surface area contributed by atoms with Crippen LogP contribution in [0.5, 0.6) is 0 Å². The Morgan fingerprint density at radius 2 is 1.71 bits per heavy atom. The van der Waals surface area contributed by atoms with Crippen LogP contribution in [0.25, 0.3) is 0 Å². The number of rotatable bonds is 4. The quantitative estimate of drug-likeness (QED) is 0.913. The minimum absolute atomic E-state index is 0.111. The third-order valence-electron chi connectivity index (χ3n) is 3.71. The van der Waals surface area contributed by atoms with Crippen molar-refractivity contribution in [3.63, 3.8) is 0 Å². The number of hydrogen-bond acceptors (Lipinski definition) is 5. The summed E-state index contributed by atoms with van der Waals surface area (Å²) in [5.41, 5.74) is 0.111. The zero-order valence-corrected chi connectivity index (χ0v) is 13.6. The Balaban J connectivity index is 1.77. The first-order valence-electron chi connectivity index (χ1n) is 7.50. The van der Waals surface area contributed by atoms with E-state index in [1.54, 1.807) is 0 Å². The highest BCUT2D eigenvalue weighted by molar-refractivity contribution is 7.92. The molecule has 0 aliphatic carbocycles. The molecule has 0 spiro atoms. The monoisotopic (exact) mass is 354 g/mol. The minimum Gasteiger partial charge on any atom is -0.341 e. The lowest BCUT2D eigenvalue weighted by molar-refractivity contribution is 0.551. The molecule has 0 amide bonds. The van der Waals surface area contributed by atoms with Crippen LogP contribution in [0.1, 0.15) is 19.3 Å². The van der Waals surface area contributed by atoms with Gasteiger partial charge in [0.15, 0.2) is 0 Å². The Bertz CT molecular complexity index is 822. The molecule has 9 heteroatoms. The Labute approximate surface area is 138 Å². The summed E-state index contributed by atoms with van der Waals surface area (Å²) in [5.74, 6) is -1.47. The van der Waals surface area contributed by atoms with Crippen molar-refractivity contribution in [2.75, 3.05) is 22.7 Å². The van der Waals surface area contributed by atoms with Crippen molar-refractivity contribution in [1.82, 2.24) is 9.97 Å². The number of sulfonamides is 1. The second-order valence-electron chi connectivity index (χ2n) is 5.50. The first-order valence-corrected chi connectivity index (χ1v) is 8.99. The lowest BCUT2D eigenvalue weighted by Crippen LogP contribution is -2.30. The van der Waals surface area contributed by atoms with Crippen LogP contribution < -0.4 is 9.62 Å². The Kier molecular flexibility index (Phi) is 4.61. The lowest BCUT2D eigenvalue weighted by atomic mass is 10.1. The van der Waals surface area contributed by atoms with Gasteiger partial charge in [0.1, 0.15) is 16.5 Å². The number of benzene rings is 1. The molecule has 1 aliphatic rings. The molecule has 1 saturated heterocycles. The first kappa shape index (κ1) is 16.6. The van der Waals surface area contributed by atoms with Gasteiger partial charge in [-0.15, -0.1) is 0 Å². The molecule has 0 radical (unpaired) electrons. The highest BCUT2D eigenvalue weighted by atomic mass is 32.2. The van der Waals surface area contributed by atoms with Gasteiger partial charge in [-0.1, -0.05) is 0 Å². The number of aromatic nitrogens is 2. The molecule has 1 aromatic carbocycles. The maximum atomic E-state index is 13.7. The molecule has 3 rings (SSSR count). The lowest BCUT2D eigenvalue weighted by Gasteiger charge is -2.26. The second-order valence-corrected chi connectivity index (χ2v) is 7.15.